The number of hydrogen-bond acceptors (Lipinski definition) is 4. The molecule has 1 aliphatic rings. The standard InChI is InChI=1S/C18H18Cl2N2O3/c19-12-3-1-2-11(6-12)8-18(22-14(9-23)10-24)15-5-4-13(20)7-16(15)21-17(18)25/h1-7,14,22-24H,8-10H2,(H,21,25). The lowest BCUT2D eigenvalue weighted by molar-refractivity contribution is -0.122. The lowest BCUT2D eigenvalue weighted by atomic mass is 9.84. The topological polar surface area (TPSA) is 81.6 Å². The number of aliphatic hydroxyl groups excluding tert-OH is 2. The van der Waals surface area contributed by atoms with Crippen LogP contribution in [0.1, 0.15) is 11.1 Å². The van der Waals surface area contributed by atoms with Gasteiger partial charge in [0.25, 0.3) is 0 Å². The third kappa shape index (κ3) is 3.52. The number of rotatable bonds is 6. The van der Waals surface area contributed by atoms with Crippen LogP contribution in [0, 0.1) is 0 Å². The quantitative estimate of drug-likeness (QED) is 0.619. The van der Waals surface area contributed by atoms with Gasteiger partial charge in [-0.2, -0.15) is 0 Å². The summed E-state index contributed by atoms with van der Waals surface area (Å²) >= 11 is 12.1. The molecule has 1 aliphatic heterocycles. The first-order valence-corrected chi connectivity index (χ1v) is 8.59. The summed E-state index contributed by atoms with van der Waals surface area (Å²) in [5.41, 5.74) is 1.05. The monoisotopic (exact) mass is 380 g/mol. The van der Waals surface area contributed by atoms with E-state index < -0.39 is 11.6 Å². The molecule has 0 bridgehead atoms. The van der Waals surface area contributed by atoms with Gasteiger partial charge in [-0.05, 0) is 29.8 Å². The Hall–Kier alpha value is -1.63. The van der Waals surface area contributed by atoms with Crippen molar-refractivity contribution >= 4 is 34.8 Å². The number of carbonyl (C=O) groups is 1. The van der Waals surface area contributed by atoms with Crippen molar-refractivity contribution in [1.82, 2.24) is 5.32 Å². The first kappa shape index (κ1) is 18.2. The molecule has 0 aromatic heterocycles. The van der Waals surface area contributed by atoms with Gasteiger partial charge in [0.1, 0.15) is 5.54 Å². The largest absolute Gasteiger partial charge is 0.395 e. The molecule has 0 spiro atoms. The van der Waals surface area contributed by atoms with Crippen LogP contribution in [-0.2, 0) is 16.8 Å². The molecule has 25 heavy (non-hydrogen) atoms. The Bertz CT molecular complexity index is 796. The number of hydrogen-bond donors (Lipinski definition) is 4. The molecular weight excluding hydrogens is 363 g/mol. The SMILES string of the molecule is O=C1Nc2cc(Cl)ccc2C1(Cc1cccc(Cl)c1)NC(CO)CO. The molecule has 3 rings (SSSR count). The summed E-state index contributed by atoms with van der Waals surface area (Å²) in [6, 6.07) is 11.8. The highest BCUT2D eigenvalue weighted by Gasteiger charge is 2.47. The zero-order valence-electron chi connectivity index (χ0n) is 13.3. The Morgan fingerprint density at radius 3 is 2.48 bits per heavy atom. The summed E-state index contributed by atoms with van der Waals surface area (Å²) in [7, 11) is 0. The number of fused-ring (bicyclic) bond motifs is 1. The number of nitrogens with one attached hydrogen (secondary N) is 2. The van der Waals surface area contributed by atoms with Crippen molar-refractivity contribution in [3.8, 4) is 0 Å². The van der Waals surface area contributed by atoms with Gasteiger partial charge in [0.2, 0.25) is 5.91 Å². The second-order valence-corrected chi connectivity index (χ2v) is 6.94. The predicted molar refractivity (Wildman–Crippen MR) is 98.0 cm³/mol. The van der Waals surface area contributed by atoms with E-state index in [0.29, 0.717) is 27.7 Å². The van der Waals surface area contributed by atoms with Crippen LogP contribution in [0.2, 0.25) is 10.0 Å². The highest BCUT2D eigenvalue weighted by molar-refractivity contribution is 6.31. The lowest BCUT2D eigenvalue weighted by Gasteiger charge is -2.32. The number of aliphatic hydroxyl groups is 2. The van der Waals surface area contributed by atoms with Gasteiger partial charge in [-0.15, -0.1) is 0 Å². The molecule has 1 unspecified atom stereocenters. The van der Waals surface area contributed by atoms with Crippen LogP contribution in [0.4, 0.5) is 5.69 Å². The minimum Gasteiger partial charge on any atom is -0.395 e. The second-order valence-electron chi connectivity index (χ2n) is 6.06. The third-order valence-corrected chi connectivity index (χ3v) is 4.80. The Morgan fingerprint density at radius 1 is 1.08 bits per heavy atom. The smallest absolute Gasteiger partial charge is 0.249 e. The molecule has 1 heterocycles. The van der Waals surface area contributed by atoms with E-state index in [1.165, 1.54) is 0 Å². The molecule has 0 saturated carbocycles. The van der Waals surface area contributed by atoms with Gasteiger partial charge in [0.05, 0.1) is 19.3 Å². The molecule has 7 heteroatoms. The van der Waals surface area contributed by atoms with Crippen LogP contribution in [0.5, 0.6) is 0 Å². The van der Waals surface area contributed by atoms with Crippen molar-refractivity contribution in [2.45, 2.75) is 18.0 Å². The summed E-state index contributed by atoms with van der Waals surface area (Å²) in [5, 5.41) is 26.0. The molecule has 4 N–H and O–H groups in total. The zero-order chi connectivity index (χ0) is 18.0. The molecule has 5 nitrogen and oxygen atoms in total. The van der Waals surface area contributed by atoms with Gasteiger partial charge >= 0.3 is 0 Å². The number of anilines is 1. The van der Waals surface area contributed by atoms with Crippen LogP contribution in [0.3, 0.4) is 0 Å². The van der Waals surface area contributed by atoms with E-state index in [9.17, 15) is 15.0 Å². The van der Waals surface area contributed by atoms with Gasteiger partial charge in [-0.25, -0.2) is 0 Å². The Morgan fingerprint density at radius 2 is 1.80 bits per heavy atom. The van der Waals surface area contributed by atoms with Crippen molar-refractivity contribution in [1.29, 1.82) is 0 Å². The van der Waals surface area contributed by atoms with E-state index in [4.69, 9.17) is 23.2 Å². The van der Waals surface area contributed by atoms with Gasteiger partial charge in [-0.3, -0.25) is 10.1 Å². The molecule has 2 aromatic carbocycles. The highest BCUT2D eigenvalue weighted by atomic mass is 35.5. The fourth-order valence-corrected chi connectivity index (χ4v) is 3.55. The van der Waals surface area contributed by atoms with Crippen molar-refractivity contribution in [2.24, 2.45) is 0 Å². The molecule has 1 amide bonds. The maximum atomic E-state index is 12.9. The van der Waals surface area contributed by atoms with Crippen LogP contribution >= 0.6 is 23.2 Å². The Labute approximate surface area is 155 Å². The van der Waals surface area contributed by atoms with E-state index in [-0.39, 0.29) is 19.1 Å². The molecule has 0 radical (unpaired) electrons. The molecule has 0 saturated heterocycles. The number of carbonyl (C=O) groups excluding carboxylic acids is 1. The minimum atomic E-state index is -1.14. The predicted octanol–water partition coefficient (Wildman–Crippen LogP) is 2.33. The summed E-state index contributed by atoms with van der Waals surface area (Å²) in [6.07, 6.45) is 0.310. The van der Waals surface area contributed by atoms with Crippen molar-refractivity contribution in [3.05, 3.63) is 63.6 Å². The fraction of sp³-hybridized carbons (Fsp3) is 0.278. The summed E-state index contributed by atoms with van der Waals surface area (Å²) in [6.45, 7) is -0.603. The Kier molecular flexibility index (Phi) is 5.32. The van der Waals surface area contributed by atoms with Crippen molar-refractivity contribution in [2.75, 3.05) is 18.5 Å². The second kappa shape index (κ2) is 7.32. The molecule has 132 valence electrons. The maximum absolute atomic E-state index is 12.9. The van der Waals surface area contributed by atoms with Gasteiger partial charge in [0, 0.05) is 27.7 Å². The van der Waals surface area contributed by atoms with Crippen LogP contribution < -0.4 is 10.6 Å². The molecule has 0 fully saturated rings. The Balaban J connectivity index is 2.08. The molecular formula is C18H18Cl2N2O3. The summed E-state index contributed by atoms with van der Waals surface area (Å²) < 4.78 is 0. The van der Waals surface area contributed by atoms with Crippen LogP contribution in [-0.4, -0.2) is 35.4 Å². The van der Waals surface area contributed by atoms with Crippen molar-refractivity contribution < 1.29 is 15.0 Å². The highest BCUT2D eigenvalue weighted by Crippen LogP contribution is 2.40. The van der Waals surface area contributed by atoms with E-state index in [0.717, 1.165) is 5.56 Å². The van der Waals surface area contributed by atoms with Gasteiger partial charge in [-0.1, -0.05) is 41.4 Å². The van der Waals surface area contributed by atoms with E-state index in [2.05, 4.69) is 10.6 Å². The molecule has 1 atom stereocenters. The molecule has 2 aromatic rings. The fourth-order valence-electron chi connectivity index (χ4n) is 3.16. The molecule has 0 aliphatic carbocycles. The van der Waals surface area contributed by atoms with E-state index in [1.807, 2.05) is 12.1 Å². The van der Waals surface area contributed by atoms with Crippen molar-refractivity contribution in [3.63, 3.8) is 0 Å². The first-order valence-electron chi connectivity index (χ1n) is 7.84. The minimum absolute atomic E-state index is 0.267. The van der Waals surface area contributed by atoms with Gasteiger partial charge < -0.3 is 15.5 Å². The average molecular weight is 381 g/mol. The lowest BCUT2D eigenvalue weighted by Crippen LogP contribution is -2.56. The van der Waals surface area contributed by atoms with Crippen LogP contribution in [0.25, 0.3) is 0 Å². The maximum Gasteiger partial charge on any atom is 0.249 e. The number of halogens is 2. The number of amides is 1. The number of benzene rings is 2. The average Bonchev–Trinajstić information content (AvgIpc) is 2.83. The van der Waals surface area contributed by atoms with Crippen LogP contribution in [0.15, 0.2) is 42.5 Å². The summed E-state index contributed by atoms with van der Waals surface area (Å²) in [4.78, 5) is 12.9. The van der Waals surface area contributed by atoms with E-state index >= 15 is 0 Å². The van der Waals surface area contributed by atoms with E-state index in [1.54, 1.807) is 30.3 Å². The first-order chi connectivity index (χ1) is 12.0. The third-order valence-electron chi connectivity index (χ3n) is 4.33. The normalized spacial score (nSPS) is 19.2. The van der Waals surface area contributed by atoms with Gasteiger partial charge in [0.15, 0.2) is 0 Å². The zero-order valence-corrected chi connectivity index (χ0v) is 14.8. The summed E-state index contributed by atoms with van der Waals surface area (Å²) in [5.74, 6) is -0.267.